The summed E-state index contributed by atoms with van der Waals surface area (Å²) in [5, 5.41) is 1.97. The molecule has 0 radical (unpaired) electrons. The van der Waals surface area contributed by atoms with E-state index in [4.69, 9.17) is 4.74 Å². The van der Waals surface area contributed by atoms with Crippen molar-refractivity contribution >= 4 is 23.2 Å². The van der Waals surface area contributed by atoms with Crippen LogP contribution in [-0.4, -0.2) is 37.0 Å². The lowest BCUT2D eigenvalue weighted by Gasteiger charge is -2.25. The van der Waals surface area contributed by atoms with Crippen molar-refractivity contribution in [2.45, 2.75) is 33.6 Å². The summed E-state index contributed by atoms with van der Waals surface area (Å²) in [6.45, 7) is 7.16. The number of carbonyl (C=O) groups is 2. The molecule has 1 amide bonds. The average Bonchev–Trinajstić information content (AvgIpc) is 2.94. The molecule has 4 nitrogen and oxygen atoms in total. The SMILES string of the molecule is COC(=O)C(C)CN(CCC(C)C)C(=O)Cc1cccs1. The lowest BCUT2D eigenvalue weighted by molar-refractivity contribution is -0.146. The summed E-state index contributed by atoms with van der Waals surface area (Å²) >= 11 is 1.58. The van der Waals surface area contributed by atoms with E-state index >= 15 is 0 Å². The monoisotopic (exact) mass is 311 g/mol. The van der Waals surface area contributed by atoms with E-state index in [9.17, 15) is 9.59 Å². The Bertz CT molecular complexity index is 442. The molecule has 1 heterocycles. The van der Waals surface area contributed by atoms with Crippen molar-refractivity contribution in [3.63, 3.8) is 0 Å². The van der Waals surface area contributed by atoms with E-state index in [0.717, 1.165) is 11.3 Å². The van der Waals surface area contributed by atoms with Crippen LogP contribution < -0.4 is 0 Å². The maximum atomic E-state index is 12.5. The fourth-order valence-corrected chi connectivity index (χ4v) is 2.71. The summed E-state index contributed by atoms with van der Waals surface area (Å²) < 4.78 is 4.75. The first-order valence-corrected chi connectivity index (χ1v) is 8.20. The van der Waals surface area contributed by atoms with Crippen LogP contribution in [0.5, 0.6) is 0 Å². The highest BCUT2D eigenvalue weighted by molar-refractivity contribution is 7.10. The van der Waals surface area contributed by atoms with Crippen molar-refractivity contribution in [2.24, 2.45) is 11.8 Å². The second kappa shape index (κ2) is 8.82. The van der Waals surface area contributed by atoms with Gasteiger partial charge in [0.2, 0.25) is 5.91 Å². The molecule has 21 heavy (non-hydrogen) atoms. The van der Waals surface area contributed by atoms with Gasteiger partial charge in [0.05, 0.1) is 19.4 Å². The van der Waals surface area contributed by atoms with Gasteiger partial charge in [0.15, 0.2) is 0 Å². The molecule has 0 aliphatic heterocycles. The highest BCUT2D eigenvalue weighted by Gasteiger charge is 2.21. The Morgan fingerprint density at radius 1 is 1.33 bits per heavy atom. The third-order valence-corrected chi connectivity index (χ3v) is 4.21. The van der Waals surface area contributed by atoms with Gasteiger partial charge in [-0.05, 0) is 23.8 Å². The molecular weight excluding hydrogens is 286 g/mol. The minimum atomic E-state index is -0.297. The van der Waals surface area contributed by atoms with Gasteiger partial charge in [-0.1, -0.05) is 26.8 Å². The number of carbonyl (C=O) groups excluding carboxylic acids is 2. The van der Waals surface area contributed by atoms with E-state index in [-0.39, 0.29) is 17.8 Å². The number of nitrogens with zero attached hydrogens (tertiary/aromatic N) is 1. The Morgan fingerprint density at radius 2 is 2.05 bits per heavy atom. The summed E-state index contributed by atoms with van der Waals surface area (Å²) in [7, 11) is 1.38. The van der Waals surface area contributed by atoms with E-state index in [2.05, 4.69) is 13.8 Å². The van der Waals surface area contributed by atoms with E-state index in [0.29, 0.717) is 25.4 Å². The summed E-state index contributed by atoms with van der Waals surface area (Å²) in [5.74, 6) is 0.0345. The van der Waals surface area contributed by atoms with Crippen LogP contribution in [0.3, 0.4) is 0 Å². The molecule has 5 heteroatoms. The molecule has 1 aromatic rings. The summed E-state index contributed by atoms with van der Waals surface area (Å²) in [4.78, 5) is 26.9. The molecule has 0 bridgehead atoms. The number of methoxy groups -OCH3 is 1. The van der Waals surface area contributed by atoms with Crippen LogP contribution in [0.25, 0.3) is 0 Å². The van der Waals surface area contributed by atoms with Crippen LogP contribution in [0, 0.1) is 11.8 Å². The smallest absolute Gasteiger partial charge is 0.310 e. The number of ether oxygens (including phenoxy) is 1. The third-order valence-electron chi connectivity index (χ3n) is 3.33. The van der Waals surface area contributed by atoms with Crippen molar-refractivity contribution in [1.82, 2.24) is 4.90 Å². The molecule has 0 aliphatic carbocycles. The molecule has 1 rings (SSSR count). The third kappa shape index (κ3) is 6.29. The second-order valence-electron chi connectivity index (χ2n) is 5.70. The first-order valence-electron chi connectivity index (χ1n) is 7.32. The Kier molecular flexibility index (Phi) is 7.43. The van der Waals surface area contributed by atoms with Gasteiger partial charge in [-0.15, -0.1) is 11.3 Å². The van der Waals surface area contributed by atoms with Gasteiger partial charge in [-0.2, -0.15) is 0 Å². The van der Waals surface area contributed by atoms with Crippen molar-refractivity contribution in [1.29, 1.82) is 0 Å². The number of amides is 1. The van der Waals surface area contributed by atoms with Gasteiger partial charge < -0.3 is 9.64 Å². The Morgan fingerprint density at radius 3 is 2.57 bits per heavy atom. The van der Waals surface area contributed by atoms with Crippen LogP contribution in [0.1, 0.15) is 32.1 Å². The second-order valence-corrected chi connectivity index (χ2v) is 6.73. The molecule has 0 saturated heterocycles. The van der Waals surface area contributed by atoms with Gasteiger partial charge in [0.25, 0.3) is 0 Å². The lowest BCUT2D eigenvalue weighted by atomic mass is 10.1. The van der Waals surface area contributed by atoms with E-state index in [1.54, 1.807) is 23.2 Å². The minimum Gasteiger partial charge on any atom is -0.469 e. The first-order chi connectivity index (χ1) is 9.93. The summed E-state index contributed by atoms with van der Waals surface area (Å²) in [5.41, 5.74) is 0. The molecule has 0 N–H and O–H groups in total. The predicted molar refractivity (Wildman–Crippen MR) is 85.2 cm³/mol. The largest absolute Gasteiger partial charge is 0.469 e. The van der Waals surface area contributed by atoms with E-state index in [1.807, 2.05) is 17.5 Å². The van der Waals surface area contributed by atoms with Gasteiger partial charge in [0, 0.05) is 18.0 Å². The Hall–Kier alpha value is -1.36. The van der Waals surface area contributed by atoms with Crippen LogP contribution in [0.2, 0.25) is 0 Å². The predicted octanol–water partition coefficient (Wildman–Crippen LogP) is 2.97. The average molecular weight is 311 g/mol. The highest BCUT2D eigenvalue weighted by atomic mass is 32.1. The maximum Gasteiger partial charge on any atom is 0.310 e. The number of thiophene rings is 1. The molecule has 0 fully saturated rings. The first kappa shape index (κ1) is 17.7. The van der Waals surface area contributed by atoms with Crippen LogP contribution in [0.4, 0.5) is 0 Å². The topological polar surface area (TPSA) is 46.6 Å². The molecule has 118 valence electrons. The quantitative estimate of drug-likeness (QED) is 0.693. The molecular formula is C16H25NO3S. The highest BCUT2D eigenvalue weighted by Crippen LogP contribution is 2.13. The molecule has 1 atom stereocenters. The Labute approximate surface area is 131 Å². The van der Waals surface area contributed by atoms with Gasteiger partial charge in [0.1, 0.15) is 0 Å². The van der Waals surface area contributed by atoms with E-state index in [1.165, 1.54) is 7.11 Å². The minimum absolute atomic E-state index is 0.0776. The van der Waals surface area contributed by atoms with E-state index < -0.39 is 0 Å². The van der Waals surface area contributed by atoms with Crippen molar-refractivity contribution in [3.05, 3.63) is 22.4 Å². The molecule has 1 unspecified atom stereocenters. The lowest BCUT2D eigenvalue weighted by Crippen LogP contribution is -2.39. The molecule has 0 aromatic carbocycles. The zero-order valence-corrected chi connectivity index (χ0v) is 14.1. The van der Waals surface area contributed by atoms with Gasteiger partial charge >= 0.3 is 5.97 Å². The number of hydrogen-bond acceptors (Lipinski definition) is 4. The standard InChI is InChI=1S/C16H25NO3S/c1-12(2)7-8-17(11-13(3)16(19)20-4)15(18)10-14-6-5-9-21-14/h5-6,9,12-13H,7-8,10-11H2,1-4H3. The molecule has 1 aromatic heterocycles. The van der Waals surface area contributed by atoms with Crippen LogP contribution in [-0.2, 0) is 20.7 Å². The van der Waals surface area contributed by atoms with Crippen LogP contribution >= 0.6 is 11.3 Å². The number of hydrogen-bond donors (Lipinski definition) is 0. The number of esters is 1. The zero-order valence-electron chi connectivity index (χ0n) is 13.3. The summed E-state index contributed by atoms with van der Waals surface area (Å²) in [6, 6.07) is 3.91. The van der Waals surface area contributed by atoms with Crippen molar-refractivity contribution < 1.29 is 14.3 Å². The number of rotatable bonds is 8. The Balaban J connectivity index is 2.66. The molecule has 0 aliphatic rings. The maximum absolute atomic E-state index is 12.5. The zero-order chi connectivity index (χ0) is 15.8. The van der Waals surface area contributed by atoms with Gasteiger partial charge in [-0.25, -0.2) is 0 Å². The van der Waals surface area contributed by atoms with Crippen molar-refractivity contribution in [3.8, 4) is 0 Å². The van der Waals surface area contributed by atoms with Crippen LogP contribution in [0.15, 0.2) is 17.5 Å². The summed E-state index contributed by atoms with van der Waals surface area (Å²) in [6.07, 6.45) is 1.34. The van der Waals surface area contributed by atoms with Crippen molar-refractivity contribution in [2.75, 3.05) is 20.2 Å². The molecule has 0 saturated carbocycles. The fraction of sp³-hybridized carbons (Fsp3) is 0.625. The molecule has 0 spiro atoms. The normalized spacial score (nSPS) is 12.2. The fourth-order valence-electron chi connectivity index (χ4n) is 2.01. The van der Waals surface area contributed by atoms with Gasteiger partial charge in [-0.3, -0.25) is 9.59 Å².